The highest BCUT2D eigenvalue weighted by Crippen LogP contribution is 2.44. The Morgan fingerprint density at radius 3 is 2.53 bits per heavy atom. The highest BCUT2D eigenvalue weighted by Gasteiger charge is 2.50. The zero-order valence-electron chi connectivity index (χ0n) is 9.32. The van der Waals surface area contributed by atoms with Gasteiger partial charge < -0.3 is 15.6 Å². The van der Waals surface area contributed by atoms with Gasteiger partial charge in [-0.2, -0.15) is 0 Å². The van der Waals surface area contributed by atoms with Crippen LogP contribution in [0.25, 0.3) is 0 Å². The van der Waals surface area contributed by atoms with Gasteiger partial charge in [-0.05, 0) is 26.8 Å². The molecule has 1 aliphatic heterocycles. The van der Waals surface area contributed by atoms with Gasteiger partial charge in [0.05, 0.1) is 6.04 Å². The van der Waals surface area contributed by atoms with E-state index < -0.39 is 17.2 Å². The van der Waals surface area contributed by atoms with Crippen molar-refractivity contribution in [3.8, 4) is 5.75 Å². The summed E-state index contributed by atoms with van der Waals surface area (Å²) in [5.74, 6) is 0.765. The van der Waals surface area contributed by atoms with Gasteiger partial charge in [-0.1, -0.05) is 18.2 Å². The van der Waals surface area contributed by atoms with Crippen molar-refractivity contribution in [3.05, 3.63) is 29.8 Å². The molecule has 0 aromatic heterocycles. The second kappa shape index (κ2) is 2.97. The van der Waals surface area contributed by atoms with Crippen molar-refractivity contribution in [1.82, 2.24) is 0 Å². The van der Waals surface area contributed by atoms with E-state index in [1.807, 2.05) is 38.1 Å². The Kier molecular flexibility index (Phi) is 2.07. The van der Waals surface area contributed by atoms with Crippen LogP contribution in [0, 0.1) is 0 Å². The molecule has 0 amide bonds. The minimum absolute atomic E-state index is 0.419. The number of para-hydroxylation sites is 1. The largest absolute Gasteiger partial charge is 0.484 e. The van der Waals surface area contributed by atoms with Crippen molar-refractivity contribution in [2.24, 2.45) is 5.73 Å². The molecule has 1 aromatic carbocycles. The van der Waals surface area contributed by atoms with E-state index in [0.29, 0.717) is 0 Å². The number of fused-ring (bicyclic) bond motifs is 1. The summed E-state index contributed by atoms with van der Waals surface area (Å²) in [5, 5.41) is 10.4. The van der Waals surface area contributed by atoms with E-state index in [-0.39, 0.29) is 0 Å². The number of aliphatic hydroxyl groups is 1. The third kappa shape index (κ3) is 1.34. The molecular weight excluding hydrogens is 190 g/mol. The molecule has 2 atom stereocenters. The number of rotatable bonds is 0. The van der Waals surface area contributed by atoms with Crippen LogP contribution in [0.1, 0.15) is 32.4 Å². The van der Waals surface area contributed by atoms with Crippen LogP contribution in [0.4, 0.5) is 0 Å². The maximum atomic E-state index is 10.4. The van der Waals surface area contributed by atoms with E-state index in [2.05, 4.69) is 0 Å². The van der Waals surface area contributed by atoms with Crippen molar-refractivity contribution >= 4 is 0 Å². The molecule has 0 radical (unpaired) electrons. The summed E-state index contributed by atoms with van der Waals surface area (Å²) in [5.41, 5.74) is 5.18. The summed E-state index contributed by atoms with van der Waals surface area (Å²) in [6, 6.07) is 7.16. The lowest BCUT2D eigenvalue weighted by molar-refractivity contribution is -0.132. The lowest BCUT2D eigenvalue weighted by Crippen LogP contribution is -2.60. The van der Waals surface area contributed by atoms with Crippen molar-refractivity contribution < 1.29 is 9.84 Å². The van der Waals surface area contributed by atoms with Gasteiger partial charge in [0.1, 0.15) is 17.0 Å². The van der Waals surface area contributed by atoms with Gasteiger partial charge in [0, 0.05) is 5.56 Å². The lowest BCUT2D eigenvalue weighted by atomic mass is 9.76. The van der Waals surface area contributed by atoms with Gasteiger partial charge in [0.25, 0.3) is 0 Å². The van der Waals surface area contributed by atoms with Crippen LogP contribution in [0.2, 0.25) is 0 Å². The summed E-state index contributed by atoms with van der Waals surface area (Å²) >= 11 is 0. The molecule has 82 valence electrons. The van der Waals surface area contributed by atoms with E-state index in [9.17, 15) is 5.11 Å². The van der Waals surface area contributed by atoms with E-state index >= 15 is 0 Å². The van der Waals surface area contributed by atoms with Gasteiger partial charge in [0.2, 0.25) is 0 Å². The Labute approximate surface area is 89.9 Å². The zero-order chi connectivity index (χ0) is 11.3. The average molecular weight is 207 g/mol. The van der Waals surface area contributed by atoms with Crippen molar-refractivity contribution in [1.29, 1.82) is 0 Å². The smallest absolute Gasteiger partial charge is 0.134 e. The summed E-state index contributed by atoms with van der Waals surface area (Å²) in [6.45, 7) is 5.42. The topological polar surface area (TPSA) is 55.5 Å². The molecule has 0 saturated heterocycles. The Morgan fingerprint density at radius 1 is 1.27 bits per heavy atom. The maximum Gasteiger partial charge on any atom is 0.134 e. The first kappa shape index (κ1) is 10.5. The predicted octanol–water partition coefficient (Wildman–Crippen LogP) is 1.61. The fourth-order valence-corrected chi connectivity index (χ4v) is 1.89. The molecular formula is C12H17NO2. The summed E-state index contributed by atoms with van der Waals surface area (Å²) in [4.78, 5) is 0. The van der Waals surface area contributed by atoms with E-state index in [4.69, 9.17) is 10.5 Å². The van der Waals surface area contributed by atoms with E-state index in [1.54, 1.807) is 6.92 Å². The predicted molar refractivity (Wildman–Crippen MR) is 58.7 cm³/mol. The minimum atomic E-state index is -1.07. The van der Waals surface area contributed by atoms with Gasteiger partial charge in [0.15, 0.2) is 0 Å². The third-order valence-electron chi connectivity index (χ3n) is 3.44. The first-order valence-corrected chi connectivity index (χ1v) is 5.12. The third-order valence-corrected chi connectivity index (χ3v) is 3.44. The van der Waals surface area contributed by atoms with Gasteiger partial charge in [-0.15, -0.1) is 0 Å². The van der Waals surface area contributed by atoms with Crippen LogP contribution < -0.4 is 10.5 Å². The fraction of sp³-hybridized carbons (Fsp3) is 0.500. The van der Waals surface area contributed by atoms with Gasteiger partial charge >= 0.3 is 0 Å². The van der Waals surface area contributed by atoms with E-state index in [0.717, 1.165) is 11.3 Å². The number of hydrogen-bond acceptors (Lipinski definition) is 3. The monoisotopic (exact) mass is 207 g/mol. The Balaban J connectivity index is 2.56. The SMILES string of the molecule is CC1(C)Oc2ccccc2[C@@H](N)[C@]1(C)O. The number of ether oxygens (including phenoxy) is 1. The molecule has 0 aliphatic carbocycles. The van der Waals surface area contributed by atoms with Gasteiger partial charge in [-0.25, -0.2) is 0 Å². The molecule has 0 fully saturated rings. The van der Waals surface area contributed by atoms with Crippen molar-refractivity contribution in [2.75, 3.05) is 0 Å². The molecule has 1 aliphatic rings. The maximum absolute atomic E-state index is 10.4. The van der Waals surface area contributed by atoms with Crippen LogP contribution >= 0.6 is 0 Å². The number of hydrogen-bond donors (Lipinski definition) is 2. The first-order chi connectivity index (χ1) is 6.86. The molecule has 0 saturated carbocycles. The van der Waals surface area contributed by atoms with Crippen LogP contribution in [-0.4, -0.2) is 16.3 Å². The molecule has 3 N–H and O–H groups in total. The summed E-state index contributed by atoms with van der Waals surface area (Å²) < 4.78 is 5.77. The summed E-state index contributed by atoms with van der Waals surface area (Å²) in [6.07, 6.45) is 0. The standard InChI is InChI=1S/C12H17NO2/c1-11(2)12(3,14)10(13)8-6-4-5-7-9(8)15-11/h4-7,10,14H,13H2,1-3H3/t10-,12+/m1/s1. The normalized spacial score (nSPS) is 33.0. The van der Waals surface area contributed by atoms with Crippen LogP contribution in [-0.2, 0) is 0 Å². The Bertz CT molecular complexity index is 385. The fourth-order valence-electron chi connectivity index (χ4n) is 1.89. The first-order valence-electron chi connectivity index (χ1n) is 5.12. The zero-order valence-corrected chi connectivity index (χ0v) is 9.32. The average Bonchev–Trinajstić information content (AvgIpc) is 2.15. The molecule has 1 aromatic rings. The van der Waals surface area contributed by atoms with Crippen molar-refractivity contribution in [3.63, 3.8) is 0 Å². The molecule has 0 unspecified atom stereocenters. The lowest BCUT2D eigenvalue weighted by Gasteiger charge is -2.48. The van der Waals surface area contributed by atoms with Crippen LogP contribution in [0.5, 0.6) is 5.75 Å². The van der Waals surface area contributed by atoms with Crippen LogP contribution in [0.15, 0.2) is 24.3 Å². The summed E-state index contributed by atoms with van der Waals surface area (Å²) in [7, 11) is 0. The Morgan fingerprint density at radius 2 is 1.87 bits per heavy atom. The highest BCUT2D eigenvalue weighted by molar-refractivity contribution is 5.41. The molecule has 3 nitrogen and oxygen atoms in total. The van der Waals surface area contributed by atoms with Gasteiger partial charge in [-0.3, -0.25) is 0 Å². The molecule has 0 spiro atoms. The highest BCUT2D eigenvalue weighted by atomic mass is 16.5. The second-order valence-electron chi connectivity index (χ2n) is 4.78. The quantitative estimate of drug-likeness (QED) is 0.679. The molecule has 2 rings (SSSR count). The Hall–Kier alpha value is -1.06. The second-order valence-corrected chi connectivity index (χ2v) is 4.78. The number of nitrogens with two attached hydrogens (primary N) is 1. The van der Waals surface area contributed by atoms with Crippen LogP contribution in [0.3, 0.4) is 0 Å². The molecule has 0 bridgehead atoms. The number of benzene rings is 1. The minimum Gasteiger partial charge on any atom is -0.484 e. The van der Waals surface area contributed by atoms with Crippen molar-refractivity contribution in [2.45, 2.75) is 38.0 Å². The molecule has 1 heterocycles. The van der Waals surface area contributed by atoms with E-state index in [1.165, 1.54) is 0 Å². The molecule has 3 heteroatoms. The molecule has 15 heavy (non-hydrogen) atoms.